The molecule has 24 heavy (non-hydrogen) atoms. The molecule has 2 N–H and O–H groups in total. The molecule has 130 valence electrons. The maximum absolute atomic E-state index is 12.8. The summed E-state index contributed by atoms with van der Waals surface area (Å²) in [6, 6.07) is 5.80. The van der Waals surface area contributed by atoms with Crippen molar-refractivity contribution in [2.45, 2.75) is 25.8 Å². The van der Waals surface area contributed by atoms with Crippen LogP contribution >= 0.6 is 0 Å². The van der Waals surface area contributed by atoms with Crippen molar-refractivity contribution < 1.29 is 19.4 Å². The molecule has 6 nitrogen and oxygen atoms in total. The van der Waals surface area contributed by atoms with E-state index < -0.39 is 0 Å². The first-order chi connectivity index (χ1) is 11.7. The maximum atomic E-state index is 12.8. The van der Waals surface area contributed by atoms with Crippen molar-refractivity contribution >= 4 is 16.8 Å². The molecule has 1 aliphatic rings. The molecule has 1 atom stereocenters. The lowest BCUT2D eigenvalue weighted by Crippen LogP contribution is -2.49. The lowest BCUT2D eigenvalue weighted by atomic mass is 10.1. The highest BCUT2D eigenvalue weighted by atomic mass is 16.5. The second kappa shape index (κ2) is 7.68. The fourth-order valence-electron chi connectivity index (χ4n) is 3.27. The molecule has 0 saturated carbocycles. The van der Waals surface area contributed by atoms with Gasteiger partial charge in [-0.2, -0.15) is 0 Å². The van der Waals surface area contributed by atoms with E-state index in [0.717, 1.165) is 22.2 Å². The number of aliphatic hydroxyl groups is 1. The molecule has 6 heteroatoms. The van der Waals surface area contributed by atoms with Gasteiger partial charge in [-0.15, -0.1) is 0 Å². The summed E-state index contributed by atoms with van der Waals surface area (Å²) in [6.07, 6.45) is 2.74. The van der Waals surface area contributed by atoms with Gasteiger partial charge in [0.05, 0.1) is 32.3 Å². The smallest absolute Gasteiger partial charge is 0.227 e. The standard InChI is InChI=1S/C18H24N2O4/c1-2-24-16-5-3-4-15-18(16)13(11-19-15)10-17(22)20-7-9-23-12-14(20)6-8-21/h3-5,11,14,19,21H,2,6-10,12H2,1H3. The van der Waals surface area contributed by atoms with Gasteiger partial charge >= 0.3 is 0 Å². The van der Waals surface area contributed by atoms with Crippen LogP contribution < -0.4 is 4.74 Å². The Hall–Kier alpha value is -2.05. The van der Waals surface area contributed by atoms with E-state index in [1.165, 1.54) is 0 Å². The molecule has 2 aromatic rings. The van der Waals surface area contributed by atoms with Crippen LogP contribution in [-0.2, 0) is 16.0 Å². The zero-order valence-corrected chi connectivity index (χ0v) is 14.0. The van der Waals surface area contributed by atoms with E-state index in [-0.39, 0.29) is 18.6 Å². The molecule has 1 aliphatic heterocycles. The molecule has 1 saturated heterocycles. The number of aromatic nitrogens is 1. The maximum Gasteiger partial charge on any atom is 0.227 e. The van der Waals surface area contributed by atoms with Crippen molar-refractivity contribution in [2.75, 3.05) is 33.0 Å². The number of aromatic amines is 1. The van der Waals surface area contributed by atoms with Gasteiger partial charge in [-0.05, 0) is 31.0 Å². The Balaban J connectivity index is 1.82. The molecule has 0 bridgehead atoms. The first-order valence-electron chi connectivity index (χ1n) is 8.44. The minimum Gasteiger partial charge on any atom is -0.493 e. The van der Waals surface area contributed by atoms with Crippen LogP contribution in [0.4, 0.5) is 0 Å². The number of amides is 1. The predicted molar refractivity (Wildman–Crippen MR) is 91.2 cm³/mol. The molecule has 1 amide bonds. The van der Waals surface area contributed by atoms with E-state index in [9.17, 15) is 9.90 Å². The van der Waals surface area contributed by atoms with Gasteiger partial charge in [0.15, 0.2) is 0 Å². The van der Waals surface area contributed by atoms with Crippen LogP contribution in [0.3, 0.4) is 0 Å². The molecule has 1 aromatic carbocycles. The Morgan fingerprint density at radius 1 is 1.50 bits per heavy atom. The SMILES string of the molecule is CCOc1cccc2[nH]cc(CC(=O)N3CCOCC3CCO)c12. The van der Waals surface area contributed by atoms with Crippen LogP contribution in [0, 0.1) is 0 Å². The van der Waals surface area contributed by atoms with Crippen LogP contribution in [0.1, 0.15) is 18.9 Å². The van der Waals surface area contributed by atoms with Crippen molar-refractivity contribution in [1.82, 2.24) is 9.88 Å². The molecule has 1 aromatic heterocycles. The van der Waals surface area contributed by atoms with Crippen molar-refractivity contribution in [3.05, 3.63) is 30.0 Å². The van der Waals surface area contributed by atoms with Gasteiger partial charge in [0.2, 0.25) is 5.91 Å². The van der Waals surface area contributed by atoms with Gasteiger partial charge in [0.25, 0.3) is 0 Å². The number of ether oxygens (including phenoxy) is 2. The largest absolute Gasteiger partial charge is 0.493 e. The van der Waals surface area contributed by atoms with E-state index in [1.54, 1.807) is 0 Å². The van der Waals surface area contributed by atoms with Crippen molar-refractivity contribution in [2.24, 2.45) is 0 Å². The zero-order valence-electron chi connectivity index (χ0n) is 14.0. The van der Waals surface area contributed by atoms with E-state index in [4.69, 9.17) is 9.47 Å². The second-order valence-corrected chi connectivity index (χ2v) is 5.93. The monoisotopic (exact) mass is 332 g/mol. The molecule has 0 aliphatic carbocycles. The van der Waals surface area contributed by atoms with Crippen LogP contribution in [0.2, 0.25) is 0 Å². The fraction of sp³-hybridized carbons (Fsp3) is 0.500. The van der Waals surface area contributed by atoms with Crippen LogP contribution in [-0.4, -0.2) is 59.9 Å². The quantitative estimate of drug-likeness (QED) is 0.845. The number of nitrogens with one attached hydrogen (secondary N) is 1. The minimum absolute atomic E-state index is 0.0483. The third kappa shape index (κ3) is 3.39. The summed E-state index contributed by atoms with van der Waals surface area (Å²) in [5, 5.41) is 10.2. The van der Waals surface area contributed by atoms with Gasteiger partial charge in [0, 0.05) is 30.3 Å². The first-order valence-corrected chi connectivity index (χ1v) is 8.44. The number of carbonyl (C=O) groups is 1. The molecule has 0 radical (unpaired) electrons. The number of carbonyl (C=O) groups excluding carboxylic acids is 1. The third-order valence-corrected chi connectivity index (χ3v) is 4.40. The van der Waals surface area contributed by atoms with Gasteiger partial charge < -0.3 is 24.5 Å². The average Bonchev–Trinajstić information content (AvgIpc) is 3.00. The summed E-state index contributed by atoms with van der Waals surface area (Å²) >= 11 is 0. The molecule has 1 fully saturated rings. The predicted octanol–water partition coefficient (Wildman–Crippen LogP) is 1.72. The Morgan fingerprint density at radius 2 is 2.38 bits per heavy atom. The number of hydrogen-bond donors (Lipinski definition) is 2. The Morgan fingerprint density at radius 3 is 3.17 bits per heavy atom. The summed E-state index contributed by atoms with van der Waals surface area (Å²) in [6.45, 7) is 4.20. The van der Waals surface area contributed by atoms with Gasteiger partial charge in [0.1, 0.15) is 5.75 Å². The van der Waals surface area contributed by atoms with E-state index >= 15 is 0 Å². The Labute approximate surface area is 141 Å². The highest BCUT2D eigenvalue weighted by Crippen LogP contribution is 2.29. The number of aliphatic hydroxyl groups excluding tert-OH is 1. The van der Waals surface area contributed by atoms with E-state index in [1.807, 2.05) is 36.2 Å². The van der Waals surface area contributed by atoms with Gasteiger partial charge in [-0.25, -0.2) is 0 Å². The first kappa shape index (κ1) is 16.8. The Kier molecular flexibility index (Phi) is 5.37. The average molecular weight is 332 g/mol. The fourth-order valence-corrected chi connectivity index (χ4v) is 3.27. The second-order valence-electron chi connectivity index (χ2n) is 5.93. The number of hydrogen-bond acceptors (Lipinski definition) is 4. The summed E-state index contributed by atoms with van der Waals surface area (Å²) < 4.78 is 11.1. The van der Waals surface area contributed by atoms with Crippen molar-refractivity contribution in [3.8, 4) is 5.75 Å². The van der Waals surface area contributed by atoms with Crippen LogP contribution in [0.25, 0.3) is 10.9 Å². The topological polar surface area (TPSA) is 74.8 Å². The molecular weight excluding hydrogens is 308 g/mol. The lowest BCUT2D eigenvalue weighted by Gasteiger charge is -2.35. The van der Waals surface area contributed by atoms with Crippen molar-refractivity contribution in [3.63, 3.8) is 0 Å². The number of rotatable bonds is 6. The highest BCUT2D eigenvalue weighted by Gasteiger charge is 2.27. The summed E-state index contributed by atoms with van der Waals surface area (Å²) in [5.74, 6) is 0.858. The number of benzene rings is 1. The molecule has 3 rings (SSSR count). The van der Waals surface area contributed by atoms with Crippen LogP contribution in [0.5, 0.6) is 5.75 Å². The number of morpholine rings is 1. The number of H-pyrrole nitrogens is 1. The lowest BCUT2D eigenvalue weighted by molar-refractivity contribution is -0.139. The molecule has 0 spiro atoms. The van der Waals surface area contributed by atoms with Gasteiger partial charge in [-0.1, -0.05) is 6.07 Å². The third-order valence-electron chi connectivity index (χ3n) is 4.40. The number of nitrogens with zero attached hydrogens (tertiary/aromatic N) is 1. The van der Waals surface area contributed by atoms with E-state index in [0.29, 0.717) is 39.2 Å². The number of fused-ring (bicyclic) bond motifs is 1. The molecule has 1 unspecified atom stereocenters. The van der Waals surface area contributed by atoms with Gasteiger partial charge in [-0.3, -0.25) is 4.79 Å². The summed E-state index contributed by atoms with van der Waals surface area (Å²) in [4.78, 5) is 17.8. The Bertz CT molecular complexity index is 695. The highest BCUT2D eigenvalue weighted by molar-refractivity contribution is 5.93. The van der Waals surface area contributed by atoms with E-state index in [2.05, 4.69) is 4.98 Å². The zero-order chi connectivity index (χ0) is 16.9. The molecular formula is C18H24N2O4. The van der Waals surface area contributed by atoms with Crippen molar-refractivity contribution in [1.29, 1.82) is 0 Å². The van der Waals surface area contributed by atoms with Crippen LogP contribution in [0.15, 0.2) is 24.4 Å². The minimum atomic E-state index is -0.0483. The summed E-state index contributed by atoms with van der Waals surface area (Å²) in [5.41, 5.74) is 1.91. The molecule has 2 heterocycles. The summed E-state index contributed by atoms with van der Waals surface area (Å²) in [7, 11) is 0. The normalized spacial score (nSPS) is 18.1.